The molecule has 1 heterocycles. The van der Waals surface area contributed by atoms with Gasteiger partial charge >= 0.3 is 5.97 Å². The van der Waals surface area contributed by atoms with Crippen LogP contribution in [0.2, 0.25) is 5.02 Å². The van der Waals surface area contributed by atoms with Crippen LogP contribution in [0.4, 0.5) is 5.69 Å². The Balaban J connectivity index is 1.25. The van der Waals surface area contributed by atoms with Gasteiger partial charge in [-0.25, -0.2) is 0 Å². The fourth-order valence-corrected chi connectivity index (χ4v) is 8.96. The number of ether oxygens (including phenoxy) is 2. The minimum Gasteiger partial charge on any atom is -0.493 e. The maximum atomic E-state index is 13.5. The Morgan fingerprint density at radius 1 is 1.16 bits per heavy atom. The SMILES string of the molecule is COc1cc(/C=C2/SC(=S)N(c3cccc(Cl)c3)C2=O)cc(Br)c1OC(=O)C12CC3CC(CC(C3)C1)C2. The lowest BCUT2D eigenvalue weighted by molar-refractivity contribution is -0.161. The van der Waals surface area contributed by atoms with Gasteiger partial charge in [0.2, 0.25) is 0 Å². The molecule has 37 heavy (non-hydrogen) atoms. The van der Waals surface area contributed by atoms with Gasteiger partial charge in [-0.05, 0) is 114 Å². The lowest BCUT2D eigenvalue weighted by atomic mass is 9.49. The summed E-state index contributed by atoms with van der Waals surface area (Å²) in [5.74, 6) is 2.41. The average molecular weight is 619 g/mol. The van der Waals surface area contributed by atoms with Crippen LogP contribution in [0.25, 0.3) is 6.08 Å². The summed E-state index contributed by atoms with van der Waals surface area (Å²) in [4.78, 5) is 28.7. The van der Waals surface area contributed by atoms with E-state index in [-0.39, 0.29) is 17.3 Å². The first-order valence-corrected chi connectivity index (χ1v) is 14.8. The van der Waals surface area contributed by atoms with Crippen LogP contribution in [0.5, 0.6) is 11.5 Å². The number of carbonyl (C=O) groups excluding carboxylic acids is 2. The van der Waals surface area contributed by atoms with Crippen molar-refractivity contribution in [2.75, 3.05) is 12.0 Å². The van der Waals surface area contributed by atoms with Gasteiger partial charge in [0, 0.05) is 5.02 Å². The van der Waals surface area contributed by atoms with E-state index in [4.69, 9.17) is 33.3 Å². The van der Waals surface area contributed by atoms with Gasteiger partial charge in [-0.1, -0.05) is 41.6 Å². The van der Waals surface area contributed by atoms with E-state index in [0.717, 1.165) is 24.8 Å². The largest absolute Gasteiger partial charge is 0.493 e. The average Bonchev–Trinajstić information content (AvgIpc) is 3.12. The van der Waals surface area contributed by atoms with Crippen molar-refractivity contribution in [3.8, 4) is 11.5 Å². The molecule has 4 saturated carbocycles. The van der Waals surface area contributed by atoms with E-state index in [2.05, 4.69) is 15.9 Å². The van der Waals surface area contributed by atoms with E-state index in [9.17, 15) is 9.59 Å². The van der Waals surface area contributed by atoms with E-state index in [1.165, 1.54) is 35.9 Å². The summed E-state index contributed by atoms with van der Waals surface area (Å²) in [6.45, 7) is 0. The second-order valence-electron chi connectivity index (χ2n) is 10.6. The molecule has 0 aromatic heterocycles. The Morgan fingerprint density at radius 2 is 1.84 bits per heavy atom. The van der Waals surface area contributed by atoms with Crippen molar-refractivity contribution in [3.63, 3.8) is 0 Å². The van der Waals surface area contributed by atoms with Crippen molar-refractivity contribution in [3.05, 3.63) is 56.4 Å². The predicted molar refractivity (Wildman–Crippen MR) is 154 cm³/mol. The molecule has 0 atom stereocenters. The van der Waals surface area contributed by atoms with E-state index < -0.39 is 0 Å². The summed E-state index contributed by atoms with van der Waals surface area (Å²) >= 11 is 16.4. The molecule has 1 aliphatic heterocycles. The second kappa shape index (κ2) is 9.70. The number of nitrogens with zero attached hydrogens (tertiary/aromatic N) is 1. The third kappa shape index (κ3) is 4.64. The topological polar surface area (TPSA) is 55.8 Å². The molecule has 9 heteroatoms. The number of anilines is 1. The molecule has 2 aromatic carbocycles. The van der Waals surface area contributed by atoms with E-state index in [0.29, 0.717) is 53.7 Å². The van der Waals surface area contributed by atoms with Gasteiger partial charge in [-0.3, -0.25) is 14.5 Å². The number of rotatable bonds is 5. The van der Waals surface area contributed by atoms with Gasteiger partial charge in [0.25, 0.3) is 5.91 Å². The number of carbonyl (C=O) groups is 2. The number of methoxy groups -OCH3 is 1. The minimum atomic E-state index is -0.369. The third-order valence-corrected chi connectivity index (χ3v) is 10.2. The lowest BCUT2D eigenvalue weighted by Gasteiger charge is -2.55. The molecule has 0 unspecified atom stereocenters. The van der Waals surface area contributed by atoms with Crippen molar-refractivity contribution >= 4 is 79.5 Å². The summed E-state index contributed by atoms with van der Waals surface area (Å²) in [5.41, 5.74) is 0.987. The van der Waals surface area contributed by atoms with Crippen LogP contribution in [0.15, 0.2) is 45.8 Å². The molecule has 2 aromatic rings. The number of benzene rings is 2. The van der Waals surface area contributed by atoms with Gasteiger partial charge < -0.3 is 9.47 Å². The molecule has 5 fully saturated rings. The molecule has 1 saturated heterocycles. The Kier molecular flexibility index (Phi) is 6.66. The van der Waals surface area contributed by atoms with Crippen LogP contribution < -0.4 is 14.4 Å². The van der Waals surface area contributed by atoms with Gasteiger partial charge in [0.1, 0.15) is 0 Å². The standard InChI is InChI=1S/C28H25BrClNO4S2/c1-34-22-9-15(10-23-25(32)31(27(36)37-23)20-4-2-3-19(30)11-20)8-21(29)24(22)35-26(33)28-12-16-5-17(13-28)7-18(6-16)14-28/h2-4,8-11,16-18H,5-7,12-14H2,1H3/b23-10+. The molecule has 0 spiro atoms. The van der Waals surface area contributed by atoms with E-state index in [1.807, 2.05) is 6.07 Å². The van der Waals surface area contributed by atoms with Crippen molar-refractivity contribution < 1.29 is 19.1 Å². The summed E-state index contributed by atoms with van der Waals surface area (Å²) in [6, 6.07) is 10.6. The molecular formula is C28H25BrClNO4S2. The molecule has 5 nitrogen and oxygen atoms in total. The van der Waals surface area contributed by atoms with Crippen molar-refractivity contribution in [2.45, 2.75) is 38.5 Å². The number of hydrogen-bond donors (Lipinski definition) is 0. The first-order chi connectivity index (χ1) is 17.7. The highest BCUT2D eigenvalue weighted by atomic mass is 79.9. The molecule has 5 aliphatic rings. The van der Waals surface area contributed by atoms with Crippen molar-refractivity contribution in [1.82, 2.24) is 0 Å². The monoisotopic (exact) mass is 617 g/mol. The zero-order valence-electron chi connectivity index (χ0n) is 20.2. The third-order valence-electron chi connectivity index (χ3n) is 8.08. The van der Waals surface area contributed by atoms with E-state index in [1.54, 1.807) is 43.5 Å². The quantitative estimate of drug-likeness (QED) is 0.149. The molecule has 0 N–H and O–H groups in total. The van der Waals surface area contributed by atoms with Crippen LogP contribution in [-0.2, 0) is 9.59 Å². The number of thiocarbonyl (C=S) groups is 1. The predicted octanol–water partition coefficient (Wildman–Crippen LogP) is 7.64. The maximum absolute atomic E-state index is 13.5. The van der Waals surface area contributed by atoms with Crippen molar-refractivity contribution in [1.29, 1.82) is 0 Å². The first kappa shape index (κ1) is 25.4. The van der Waals surface area contributed by atoms with Gasteiger partial charge in [0.15, 0.2) is 15.8 Å². The van der Waals surface area contributed by atoms with Gasteiger partial charge in [0.05, 0.1) is 27.6 Å². The van der Waals surface area contributed by atoms with Crippen LogP contribution in [0, 0.1) is 23.2 Å². The smallest absolute Gasteiger partial charge is 0.317 e. The van der Waals surface area contributed by atoms with Crippen molar-refractivity contribution in [2.24, 2.45) is 23.2 Å². The molecular weight excluding hydrogens is 594 g/mol. The first-order valence-electron chi connectivity index (χ1n) is 12.4. The Bertz CT molecular complexity index is 1320. The highest BCUT2D eigenvalue weighted by molar-refractivity contribution is 9.10. The highest BCUT2D eigenvalue weighted by Crippen LogP contribution is 2.60. The molecule has 7 rings (SSSR count). The number of esters is 1. The molecule has 0 radical (unpaired) electrons. The normalized spacial score (nSPS) is 29.3. The second-order valence-corrected chi connectivity index (χ2v) is 13.6. The summed E-state index contributed by atoms with van der Waals surface area (Å²) in [5, 5.41) is 0.530. The number of halogens is 2. The van der Waals surface area contributed by atoms with E-state index >= 15 is 0 Å². The molecule has 4 bridgehead atoms. The van der Waals surface area contributed by atoms with Crippen LogP contribution >= 0.6 is 51.5 Å². The fraction of sp³-hybridized carbons (Fsp3) is 0.393. The Hall–Kier alpha value is -1.87. The zero-order chi connectivity index (χ0) is 25.9. The Labute approximate surface area is 239 Å². The zero-order valence-corrected chi connectivity index (χ0v) is 24.1. The maximum Gasteiger partial charge on any atom is 0.317 e. The Morgan fingerprint density at radius 3 is 2.46 bits per heavy atom. The van der Waals surface area contributed by atoms with Gasteiger partial charge in [-0.15, -0.1) is 0 Å². The minimum absolute atomic E-state index is 0.138. The van der Waals surface area contributed by atoms with Crippen LogP contribution in [-0.4, -0.2) is 23.3 Å². The molecule has 192 valence electrons. The van der Waals surface area contributed by atoms with Gasteiger partial charge in [-0.2, -0.15) is 0 Å². The number of hydrogen-bond acceptors (Lipinski definition) is 6. The summed E-state index contributed by atoms with van der Waals surface area (Å²) < 4.78 is 12.7. The summed E-state index contributed by atoms with van der Waals surface area (Å²) in [6.07, 6.45) is 8.36. The lowest BCUT2D eigenvalue weighted by Crippen LogP contribution is -2.51. The molecule has 1 amide bonds. The van der Waals surface area contributed by atoms with Crippen LogP contribution in [0.1, 0.15) is 44.1 Å². The summed E-state index contributed by atoms with van der Waals surface area (Å²) in [7, 11) is 1.55. The number of amides is 1. The number of thioether (sulfide) groups is 1. The molecule has 4 aliphatic carbocycles. The van der Waals surface area contributed by atoms with Crippen LogP contribution in [0.3, 0.4) is 0 Å². The highest BCUT2D eigenvalue weighted by Gasteiger charge is 2.55. The fourth-order valence-electron chi connectivity index (χ4n) is 6.94.